The first-order valence-electron chi connectivity index (χ1n) is 7.55. The number of nitrogens with zero attached hydrogens (tertiary/aromatic N) is 3. The number of benzene rings is 1. The number of nitro benzene ring substituents is 1. The molecule has 0 saturated heterocycles. The first-order valence-corrected chi connectivity index (χ1v) is 7.55. The number of amides is 1. The van der Waals surface area contributed by atoms with Crippen LogP contribution in [0, 0.1) is 24.0 Å². The molecule has 7 heteroatoms. The van der Waals surface area contributed by atoms with Crippen molar-refractivity contribution in [3.63, 3.8) is 0 Å². The van der Waals surface area contributed by atoms with Crippen LogP contribution in [0.25, 0.3) is 0 Å². The number of rotatable bonds is 3. The van der Waals surface area contributed by atoms with Crippen molar-refractivity contribution in [2.24, 2.45) is 5.10 Å². The quantitative estimate of drug-likeness (QED) is 0.637. The molecule has 0 unspecified atom stereocenters. The molecule has 1 aliphatic heterocycles. The summed E-state index contributed by atoms with van der Waals surface area (Å²) >= 11 is 0. The first kappa shape index (κ1) is 15.9. The average molecular weight is 327 g/mol. The largest absolute Gasteiger partial charge is 0.469 e. The zero-order valence-corrected chi connectivity index (χ0v) is 13.6. The smallest absolute Gasteiger partial charge is 0.269 e. The minimum Gasteiger partial charge on any atom is -0.469 e. The molecule has 0 spiro atoms. The monoisotopic (exact) mass is 327 g/mol. The van der Waals surface area contributed by atoms with Crippen LogP contribution in [0.5, 0.6) is 0 Å². The normalized spacial score (nSPS) is 17.0. The molecular formula is C17H17N3O4. The van der Waals surface area contributed by atoms with E-state index in [4.69, 9.17) is 4.42 Å². The van der Waals surface area contributed by atoms with Gasteiger partial charge in [0.1, 0.15) is 5.76 Å². The molecule has 3 rings (SSSR count). The Balaban J connectivity index is 2.00. The second kappa shape index (κ2) is 5.92. The molecule has 1 atom stereocenters. The molecule has 1 aromatic heterocycles. The molecule has 0 fully saturated rings. The van der Waals surface area contributed by atoms with Crippen molar-refractivity contribution in [3.8, 4) is 0 Å². The summed E-state index contributed by atoms with van der Waals surface area (Å²) in [6, 6.07) is 5.97. The van der Waals surface area contributed by atoms with E-state index in [1.54, 1.807) is 18.4 Å². The van der Waals surface area contributed by atoms with Gasteiger partial charge in [-0.05, 0) is 25.0 Å². The lowest BCUT2D eigenvalue weighted by Gasteiger charge is -2.20. The maximum atomic E-state index is 12.0. The van der Waals surface area contributed by atoms with Gasteiger partial charge in [-0.15, -0.1) is 0 Å². The number of hydrogen-bond donors (Lipinski definition) is 0. The third-order valence-corrected chi connectivity index (χ3v) is 4.15. The predicted octanol–water partition coefficient (Wildman–Crippen LogP) is 3.50. The number of hydrogen-bond acceptors (Lipinski definition) is 5. The summed E-state index contributed by atoms with van der Waals surface area (Å²) in [7, 11) is 0. The van der Waals surface area contributed by atoms with Gasteiger partial charge in [-0.25, -0.2) is 5.01 Å². The molecule has 0 saturated carbocycles. The fourth-order valence-electron chi connectivity index (χ4n) is 3.06. The fourth-order valence-corrected chi connectivity index (χ4v) is 3.06. The van der Waals surface area contributed by atoms with Gasteiger partial charge >= 0.3 is 0 Å². The number of furan rings is 1. The van der Waals surface area contributed by atoms with Gasteiger partial charge < -0.3 is 4.42 Å². The third-order valence-electron chi connectivity index (χ3n) is 4.15. The highest BCUT2D eigenvalue weighted by Gasteiger charge is 2.33. The molecule has 0 radical (unpaired) electrons. The highest BCUT2D eigenvalue weighted by molar-refractivity contribution is 6.04. The van der Waals surface area contributed by atoms with E-state index in [0.717, 1.165) is 22.6 Å². The van der Waals surface area contributed by atoms with E-state index < -0.39 is 4.92 Å². The Hall–Kier alpha value is -2.96. The van der Waals surface area contributed by atoms with Gasteiger partial charge in [-0.1, -0.05) is 12.1 Å². The van der Waals surface area contributed by atoms with Crippen LogP contribution < -0.4 is 0 Å². The summed E-state index contributed by atoms with van der Waals surface area (Å²) < 4.78 is 5.42. The van der Waals surface area contributed by atoms with Crippen LogP contribution in [0.2, 0.25) is 0 Å². The van der Waals surface area contributed by atoms with Gasteiger partial charge in [-0.2, -0.15) is 5.10 Å². The maximum absolute atomic E-state index is 12.0. The van der Waals surface area contributed by atoms with Gasteiger partial charge in [0.25, 0.3) is 5.69 Å². The van der Waals surface area contributed by atoms with Crippen molar-refractivity contribution in [1.29, 1.82) is 0 Å². The van der Waals surface area contributed by atoms with Crippen molar-refractivity contribution in [2.75, 3.05) is 0 Å². The lowest BCUT2D eigenvalue weighted by molar-refractivity contribution is -0.384. The molecule has 1 amide bonds. The van der Waals surface area contributed by atoms with Crippen molar-refractivity contribution in [3.05, 3.63) is 63.1 Å². The van der Waals surface area contributed by atoms with Crippen LogP contribution in [0.3, 0.4) is 0 Å². The summed E-state index contributed by atoms with van der Waals surface area (Å²) in [6.45, 7) is 5.21. The Kier molecular flexibility index (Phi) is 3.92. The van der Waals surface area contributed by atoms with Gasteiger partial charge in [0.05, 0.1) is 22.9 Å². The van der Waals surface area contributed by atoms with Gasteiger partial charge in [0.2, 0.25) is 5.91 Å². The van der Waals surface area contributed by atoms with E-state index >= 15 is 0 Å². The van der Waals surface area contributed by atoms with Gasteiger partial charge in [-0.3, -0.25) is 14.9 Å². The molecular weight excluding hydrogens is 310 g/mol. The summed E-state index contributed by atoms with van der Waals surface area (Å²) in [6.07, 6.45) is 2.15. The summed E-state index contributed by atoms with van der Waals surface area (Å²) in [5.41, 5.74) is 3.30. The molecule has 0 bridgehead atoms. The fraction of sp³-hybridized carbons (Fsp3) is 0.294. The van der Waals surface area contributed by atoms with E-state index in [9.17, 15) is 14.9 Å². The number of aryl methyl sites for hydroxylation is 2. The molecule has 0 N–H and O–H groups in total. The number of carbonyl (C=O) groups excluding carboxylic acids is 1. The second-order valence-electron chi connectivity index (χ2n) is 5.83. The molecule has 1 aromatic carbocycles. The third kappa shape index (κ3) is 2.68. The van der Waals surface area contributed by atoms with Crippen molar-refractivity contribution in [2.45, 2.75) is 33.2 Å². The Morgan fingerprint density at radius 3 is 2.75 bits per heavy atom. The number of non-ortho nitro benzene ring substituents is 1. The topological polar surface area (TPSA) is 89.0 Å². The number of nitro groups is 1. The molecule has 7 nitrogen and oxygen atoms in total. The zero-order valence-electron chi connectivity index (χ0n) is 13.6. The molecule has 124 valence electrons. The van der Waals surface area contributed by atoms with E-state index in [0.29, 0.717) is 12.0 Å². The van der Waals surface area contributed by atoms with Crippen LogP contribution in [0.15, 0.2) is 40.0 Å². The van der Waals surface area contributed by atoms with E-state index in [1.807, 2.05) is 13.8 Å². The minimum atomic E-state index is -0.442. The summed E-state index contributed by atoms with van der Waals surface area (Å²) in [5.74, 6) is 0.537. The highest BCUT2D eigenvalue weighted by Crippen LogP contribution is 2.35. The molecule has 2 heterocycles. The van der Waals surface area contributed by atoms with Gasteiger partial charge in [0.15, 0.2) is 0 Å². The molecule has 2 aromatic rings. The molecule has 1 aliphatic rings. The lowest BCUT2D eigenvalue weighted by atomic mass is 9.97. The SMILES string of the molecule is CC(=O)N1N=C(c2c(C)coc2C)C[C@H]1c1cccc([N+](=O)[O-])c1. The van der Waals surface area contributed by atoms with Crippen LogP contribution >= 0.6 is 0 Å². The summed E-state index contributed by atoms with van der Waals surface area (Å²) in [4.78, 5) is 22.6. The number of hydrazone groups is 1. The lowest BCUT2D eigenvalue weighted by Crippen LogP contribution is -2.24. The van der Waals surface area contributed by atoms with E-state index in [-0.39, 0.29) is 17.6 Å². The van der Waals surface area contributed by atoms with Crippen molar-refractivity contribution >= 4 is 17.3 Å². The van der Waals surface area contributed by atoms with E-state index in [2.05, 4.69) is 5.10 Å². The average Bonchev–Trinajstić information content (AvgIpc) is 3.11. The predicted molar refractivity (Wildman–Crippen MR) is 87.7 cm³/mol. The van der Waals surface area contributed by atoms with Gasteiger partial charge in [0, 0.05) is 31.0 Å². The Morgan fingerprint density at radius 2 is 2.17 bits per heavy atom. The van der Waals surface area contributed by atoms with Crippen molar-refractivity contribution < 1.29 is 14.1 Å². The maximum Gasteiger partial charge on any atom is 0.269 e. The Labute approximate surface area is 138 Å². The minimum absolute atomic E-state index is 0.000115. The van der Waals surface area contributed by atoms with Crippen LogP contribution in [-0.2, 0) is 4.79 Å². The Morgan fingerprint density at radius 1 is 1.42 bits per heavy atom. The standard InChI is InChI=1S/C17H17N3O4/c1-10-9-24-11(2)17(10)15-8-16(19(18-15)12(3)21)13-5-4-6-14(7-13)20(22)23/h4-7,9,16H,8H2,1-3H3/t16-/m0/s1. The summed E-state index contributed by atoms with van der Waals surface area (Å²) in [5, 5.41) is 16.9. The van der Waals surface area contributed by atoms with Crippen molar-refractivity contribution in [1.82, 2.24) is 5.01 Å². The zero-order chi connectivity index (χ0) is 17.4. The Bertz CT molecular complexity index is 834. The van der Waals surface area contributed by atoms with Crippen LogP contribution in [0.1, 0.15) is 41.8 Å². The molecule has 24 heavy (non-hydrogen) atoms. The van der Waals surface area contributed by atoms with E-state index in [1.165, 1.54) is 24.1 Å². The molecule has 0 aliphatic carbocycles. The first-order chi connectivity index (χ1) is 11.4. The second-order valence-corrected chi connectivity index (χ2v) is 5.83. The van der Waals surface area contributed by atoms with Crippen LogP contribution in [-0.4, -0.2) is 21.6 Å². The highest BCUT2D eigenvalue weighted by atomic mass is 16.6. The van der Waals surface area contributed by atoms with Crippen LogP contribution in [0.4, 0.5) is 5.69 Å². The number of carbonyl (C=O) groups is 1.